The molecule has 1 unspecified atom stereocenters. The van der Waals surface area contributed by atoms with Gasteiger partial charge in [0.1, 0.15) is 23.2 Å². The molecular weight excluding hydrogens is 394 g/mol. The molecule has 1 aromatic rings. The third-order valence-corrected chi connectivity index (χ3v) is 6.12. The Morgan fingerprint density at radius 1 is 1.29 bits per heavy atom. The van der Waals surface area contributed by atoms with Crippen LogP contribution < -0.4 is 10.5 Å². The second kappa shape index (κ2) is 8.10. The van der Waals surface area contributed by atoms with Crippen molar-refractivity contribution in [2.24, 2.45) is 11.1 Å². The lowest BCUT2D eigenvalue weighted by Gasteiger charge is -2.37. The topological polar surface area (TPSA) is 106 Å². The standard InChI is InChI=1S/C24H27N3O4/c1-24(2)11-17(28)22-19(12-24)31-23(26)16(13-25)21(22)15-7-3-4-8-18(15)30-14-20(29)27-9-5-6-10-27/h3-4,7-8,21H,5-6,9-12,14,26H2,1-2H3. The van der Waals surface area contributed by atoms with Gasteiger partial charge in [-0.15, -0.1) is 0 Å². The third-order valence-electron chi connectivity index (χ3n) is 6.12. The average Bonchev–Trinajstić information content (AvgIpc) is 3.25. The number of nitrogens with zero attached hydrogens (tertiary/aromatic N) is 2. The molecule has 0 bridgehead atoms. The van der Waals surface area contributed by atoms with Crippen molar-refractivity contribution >= 4 is 11.7 Å². The van der Waals surface area contributed by atoms with Crippen LogP contribution in [0, 0.1) is 16.7 Å². The van der Waals surface area contributed by atoms with Crippen LogP contribution in [0.1, 0.15) is 51.0 Å². The monoisotopic (exact) mass is 421 g/mol. The van der Waals surface area contributed by atoms with E-state index in [1.807, 2.05) is 26.0 Å². The van der Waals surface area contributed by atoms with E-state index in [4.69, 9.17) is 15.2 Å². The number of hydrogen-bond acceptors (Lipinski definition) is 6. The fraction of sp³-hybridized carbons (Fsp3) is 0.458. The first-order valence-corrected chi connectivity index (χ1v) is 10.6. The van der Waals surface area contributed by atoms with Crippen LogP contribution in [-0.4, -0.2) is 36.3 Å². The molecule has 162 valence electrons. The van der Waals surface area contributed by atoms with Gasteiger partial charge in [-0.3, -0.25) is 9.59 Å². The van der Waals surface area contributed by atoms with Crippen LogP contribution in [-0.2, 0) is 14.3 Å². The lowest BCUT2D eigenvalue weighted by atomic mass is 9.70. The Bertz CT molecular complexity index is 1030. The van der Waals surface area contributed by atoms with E-state index in [1.165, 1.54) is 0 Å². The van der Waals surface area contributed by atoms with Crippen LogP contribution in [0.2, 0.25) is 0 Å². The highest BCUT2D eigenvalue weighted by Gasteiger charge is 2.43. The number of nitrogens with two attached hydrogens (primary N) is 1. The van der Waals surface area contributed by atoms with Crippen molar-refractivity contribution in [3.63, 3.8) is 0 Å². The van der Waals surface area contributed by atoms with E-state index in [1.54, 1.807) is 17.0 Å². The highest BCUT2D eigenvalue weighted by Crippen LogP contribution is 2.49. The maximum Gasteiger partial charge on any atom is 0.260 e. The molecule has 2 N–H and O–H groups in total. The van der Waals surface area contributed by atoms with E-state index >= 15 is 0 Å². The minimum absolute atomic E-state index is 0.0136. The molecule has 0 aromatic heterocycles. The Hall–Kier alpha value is -3.27. The molecule has 1 saturated heterocycles. The number of ether oxygens (including phenoxy) is 2. The second-order valence-electron chi connectivity index (χ2n) is 9.12. The Morgan fingerprint density at radius 3 is 2.71 bits per heavy atom. The maximum absolute atomic E-state index is 13.1. The molecule has 3 aliphatic rings. The van der Waals surface area contributed by atoms with Crippen LogP contribution in [0.5, 0.6) is 5.75 Å². The van der Waals surface area contributed by atoms with Gasteiger partial charge in [0, 0.05) is 37.1 Å². The number of amides is 1. The third kappa shape index (κ3) is 4.02. The predicted octanol–water partition coefficient (Wildman–Crippen LogP) is 3.14. The SMILES string of the molecule is CC1(C)CC(=O)C2=C(C1)OC(N)=C(C#N)C2c1ccccc1OCC(=O)N1CCCC1. The zero-order chi connectivity index (χ0) is 22.2. The van der Waals surface area contributed by atoms with Crippen LogP contribution in [0.4, 0.5) is 0 Å². The van der Waals surface area contributed by atoms with Gasteiger partial charge in [0.15, 0.2) is 12.4 Å². The molecule has 1 amide bonds. The fourth-order valence-electron chi connectivity index (χ4n) is 4.64. The Balaban J connectivity index is 1.70. The van der Waals surface area contributed by atoms with Gasteiger partial charge in [0.05, 0.1) is 5.92 Å². The van der Waals surface area contributed by atoms with Crippen molar-refractivity contribution in [2.45, 2.75) is 45.4 Å². The van der Waals surface area contributed by atoms with E-state index in [2.05, 4.69) is 6.07 Å². The number of para-hydroxylation sites is 1. The van der Waals surface area contributed by atoms with Crippen molar-refractivity contribution in [1.82, 2.24) is 4.90 Å². The molecule has 2 heterocycles. The van der Waals surface area contributed by atoms with Crippen LogP contribution in [0.25, 0.3) is 0 Å². The van der Waals surface area contributed by atoms with Crippen molar-refractivity contribution in [3.05, 3.63) is 52.6 Å². The van der Waals surface area contributed by atoms with Crippen molar-refractivity contribution < 1.29 is 19.1 Å². The van der Waals surface area contributed by atoms with Crippen LogP contribution >= 0.6 is 0 Å². The molecule has 7 nitrogen and oxygen atoms in total. The van der Waals surface area contributed by atoms with Crippen LogP contribution in [0.15, 0.2) is 47.1 Å². The van der Waals surface area contributed by atoms with E-state index in [0.29, 0.717) is 35.5 Å². The summed E-state index contributed by atoms with van der Waals surface area (Å²) in [7, 11) is 0. The van der Waals surface area contributed by atoms with E-state index in [9.17, 15) is 14.9 Å². The van der Waals surface area contributed by atoms with Gasteiger partial charge < -0.3 is 20.1 Å². The summed E-state index contributed by atoms with van der Waals surface area (Å²) in [5, 5.41) is 9.82. The first kappa shape index (κ1) is 21.0. The first-order valence-electron chi connectivity index (χ1n) is 10.6. The normalized spacial score (nSPS) is 22.7. The summed E-state index contributed by atoms with van der Waals surface area (Å²) >= 11 is 0. The minimum atomic E-state index is -0.671. The molecule has 1 aliphatic carbocycles. The quantitative estimate of drug-likeness (QED) is 0.801. The van der Waals surface area contributed by atoms with Gasteiger partial charge in [-0.2, -0.15) is 5.26 Å². The molecule has 0 radical (unpaired) electrons. The predicted molar refractivity (Wildman–Crippen MR) is 113 cm³/mol. The van der Waals surface area contributed by atoms with Gasteiger partial charge in [-0.25, -0.2) is 0 Å². The fourth-order valence-corrected chi connectivity index (χ4v) is 4.64. The van der Waals surface area contributed by atoms with Gasteiger partial charge in [0.25, 0.3) is 5.91 Å². The molecule has 2 aliphatic heterocycles. The average molecular weight is 421 g/mol. The zero-order valence-corrected chi connectivity index (χ0v) is 17.9. The minimum Gasteiger partial charge on any atom is -0.483 e. The molecule has 7 heteroatoms. The number of rotatable bonds is 4. The largest absolute Gasteiger partial charge is 0.483 e. The van der Waals surface area contributed by atoms with Crippen molar-refractivity contribution in [1.29, 1.82) is 5.26 Å². The molecule has 0 saturated carbocycles. The number of benzene rings is 1. The van der Waals surface area contributed by atoms with E-state index in [-0.39, 0.29) is 35.2 Å². The summed E-state index contributed by atoms with van der Waals surface area (Å²) in [5.74, 6) is 0.206. The number of carbonyl (C=O) groups excluding carboxylic acids is 2. The van der Waals surface area contributed by atoms with Crippen molar-refractivity contribution in [3.8, 4) is 11.8 Å². The zero-order valence-electron chi connectivity index (χ0n) is 17.9. The Labute approximate surface area is 182 Å². The number of likely N-dealkylation sites (tertiary alicyclic amines) is 1. The molecular formula is C24H27N3O4. The smallest absolute Gasteiger partial charge is 0.260 e. The second-order valence-corrected chi connectivity index (χ2v) is 9.12. The van der Waals surface area contributed by atoms with Gasteiger partial charge in [-0.1, -0.05) is 32.0 Å². The van der Waals surface area contributed by atoms with Gasteiger partial charge in [-0.05, 0) is 24.3 Å². The highest BCUT2D eigenvalue weighted by atomic mass is 16.5. The number of carbonyl (C=O) groups is 2. The molecule has 31 heavy (non-hydrogen) atoms. The van der Waals surface area contributed by atoms with Gasteiger partial charge in [0.2, 0.25) is 5.88 Å². The van der Waals surface area contributed by atoms with E-state index < -0.39 is 5.92 Å². The van der Waals surface area contributed by atoms with Crippen molar-refractivity contribution in [2.75, 3.05) is 19.7 Å². The molecule has 1 aromatic carbocycles. The lowest BCUT2D eigenvalue weighted by molar-refractivity contribution is -0.132. The summed E-state index contributed by atoms with van der Waals surface area (Å²) < 4.78 is 11.7. The molecule has 1 fully saturated rings. The molecule has 1 atom stereocenters. The maximum atomic E-state index is 13.1. The summed E-state index contributed by atoms with van der Waals surface area (Å²) in [4.78, 5) is 27.4. The summed E-state index contributed by atoms with van der Waals surface area (Å²) in [6, 6.07) is 9.32. The first-order chi connectivity index (χ1) is 14.8. The summed E-state index contributed by atoms with van der Waals surface area (Å²) in [6.07, 6.45) is 2.94. The highest BCUT2D eigenvalue weighted by molar-refractivity contribution is 6.00. The van der Waals surface area contributed by atoms with Crippen LogP contribution in [0.3, 0.4) is 0 Å². The number of ketones is 1. The number of hydrogen-bond donors (Lipinski definition) is 1. The lowest BCUT2D eigenvalue weighted by Crippen LogP contribution is -2.34. The number of allylic oxidation sites excluding steroid dienone is 3. The van der Waals surface area contributed by atoms with E-state index in [0.717, 1.165) is 25.9 Å². The summed E-state index contributed by atoms with van der Waals surface area (Å²) in [5.41, 5.74) is 7.15. The summed E-state index contributed by atoms with van der Waals surface area (Å²) in [6.45, 7) is 5.43. The molecule has 4 rings (SSSR count). The Morgan fingerprint density at radius 2 is 2.00 bits per heavy atom. The molecule has 0 spiro atoms. The number of Topliss-reactive ketones (excluding diaryl/α,β-unsaturated/α-hetero) is 1. The van der Waals surface area contributed by atoms with Gasteiger partial charge >= 0.3 is 0 Å². The number of nitriles is 1. The Kier molecular flexibility index (Phi) is 5.48.